The molecule has 0 unspecified atom stereocenters. The zero-order chi connectivity index (χ0) is 15.6. The first-order valence-electron chi connectivity index (χ1n) is 7.17. The molecule has 1 N–H and O–H groups in total. The average Bonchev–Trinajstić information content (AvgIpc) is 2.78. The maximum atomic E-state index is 11.4. The lowest BCUT2D eigenvalue weighted by molar-refractivity contribution is 0.0698. The molecule has 0 saturated heterocycles. The Morgan fingerprint density at radius 2 is 1.76 bits per heavy atom. The van der Waals surface area contributed by atoms with Crippen LogP contribution >= 0.6 is 0 Å². The van der Waals surface area contributed by atoms with Crippen LogP contribution in [-0.2, 0) is 0 Å². The van der Waals surface area contributed by atoms with E-state index >= 15 is 0 Å². The summed E-state index contributed by atoms with van der Waals surface area (Å²) in [5.41, 5.74) is 1.12. The third-order valence-electron chi connectivity index (χ3n) is 3.29. The highest BCUT2D eigenvalue weighted by atomic mass is 16.5. The van der Waals surface area contributed by atoms with Gasteiger partial charge in [0.2, 0.25) is 0 Å². The van der Waals surface area contributed by atoms with Gasteiger partial charge < -0.3 is 19.1 Å². The van der Waals surface area contributed by atoms with E-state index in [1.807, 2.05) is 38.3 Å². The molecular formula is C16H21NO4. The van der Waals surface area contributed by atoms with E-state index in [1.54, 1.807) is 12.3 Å². The molecule has 5 heteroatoms. The fourth-order valence-corrected chi connectivity index (χ4v) is 2.39. The summed E-state index contributed by atoms with van der Waals surface area (Å²) in [6.07, 6.45) is 1.67. The Labute approximate surface area is 124 Å². The van der Waals surface area contributed by atoms with Crippen LogP contribution in [0, 0.1) is 0 Å². The van der Waals surface area contributed by atoms with Crippen molar-refractivity contribution in [3.8, 4) is 11.5 Å². The number of rotatable bonds is 6. The monoisotopic (exact) mass is 291 g/mol. The Bertz CT molecular complexity index is 658. The second kappa shape index (κ2) is 6.08. The minimum atomic E-state index is -0.939. The van der Waals surface area contributed by atoms with Gasteiger partial charge >= 0.3 is 5.97 Å². The molecule has 1 aromatic carbocycles. The Kier molecular flexibility index (Phi) is 4.40. The molecule has 2 aromatic rings. The minimum absolute atomic E-state index is 0.160. The van der Waals surface area contributed by atoms with Crippen LogP contribution in [0.5, 0.6) is 11.5 Å². The smallest absolute Gasteiger partial charge is 0.337 e. The molecule has 5 nitrogen and oxygen atoms in total. The van der Waals surface area contributed by atoms with Crippen LogP contribution in [0.15, 0.2) is 18.3 Å². The fraction of sp³-hybridized carbons (Fsp3) is 0.438. The highest BCUT2D eigenvalue weighted by Gasteiger charge is 2.19. The van der Waals surface area contributed by atoms with Crippen molar-refractivity contribution in [3.63, 3.8) is 0 Å². The Morgan fingerprint density at radius 3 is 2.24 bits per heavy atom. The van der Waals surface area contributed by atoms with E-state index in [1.165, 1.54) is 0 Å². The average molecular weight is 291 g/mol. The summed E-state index contributed by atoms with van der Waals surface area (Å²) >= 11 is 0. The Morgan fingerprint density at radius 1 is 1.19 bits per heavy atom. The van der Waals surface area contributed by atoms with Gasteiger partial charge in [-0.3, -0.25) is 0 Å². The fourth-order valence-electron chi connectivity index (χ4n) is 2.39. The van der Waals surface area contributed by atoms with E-state index in [0.717, 1.165) is 5.52 Å². The molecule has 0 bridgehead atoms. The van der Waals surface area contributed by atoms with Gasteiger partial charge in [0.05, 0.1) is 24.3 Å². The molecule has 0 aliphatic rings. The molecule has 21 heavy (non-hydrogen) atoms. The first-order valence-corrected chi connectivity index (χ1v) is 7.17. The van der Waals surface area contributed by atoms with Crippen molar-refractivity contribution >= 4 is 16.9 Å². The van der Waals surface area contributed by atoms with E-state index in [0.29, 0.717) is 30.1 Å². The van der Waals surface area contributed by atoms with E-state index in [2.05, 4.69) is 0 Å². The second-order valence-corrected chi connectivity index (χ2v) is 5.03. The molecular weight excluding hydrogens is 270 g/mol. The van der Waals surface area contributed by atoms with E-state index in [-0.39, 0.29) is 11.6 Å². The number of benzene rings is 1. The zero-order valence-corrected chi connectivity index (χ0v) is 12.8. The molecule has 1 heterocycles. The van der Waals surface area contributed by atoms with Gasteiger partial charge in [0.25, 0.3) is 0 Å². The van der Waals surface area contributed by atoms with Crippen LogP contribution in [0.4, 0.5) is 0 Å². The number of hydrogen-bond donors (Lipinski definition) is 1. The van der Waals surface area contributed by atoms with Crippen LogP contribution in [0.2, 0.25) is 0 Å². The number of fused-ring (bicyclic) bond motifs is 1. The lowest BCUT2D eigenvalue weighted by Crippen LogP contribution is -2.01. The van der Waals surface area contributed by atoms with Gasteiger partial charge in [0, 0.05) is 23.7 Å². The molecule has 0 saturated carbocycles. The largest absolute Gasteiger partial charge is 0.490 e. The number of hydrogen-bond acceptors (Lipinski definition) is 3. The van der Waals surface area contributed by atoms with Crippen molar-refractivity contribution in [2.45, 2.75) is 33.7 Å². The molecule has 0 atom stereocenters. The van der Waals surface area contributed by atoms with Gasteiger partial charge in [-0.1, -0.05) is 0 Å². The molecule has 2 rings (SSSR count). The number of aromatic nitrogens is 1. The van der Waals surface area contributed by atoms with Gasteiger partial charge in [-0.2, -0.15) is 0 Å². The number of carboxylic acids is 1. The van der Waals surface area contributed by atoms with Crippen LogP contribution in [0.1, 0.15) is 44.1 Å². The normalized spacial score (nSPS) is 11.1. The van der Waals surface area contributed by atoms with Crippen LogP contribution in [0.3, 0.4) is 0 Å². The highest BCUT2D eigenvalue weighted by molar-refractivity contribution is 6.04. The standard InChI is InChI=1S/C16H21NO4/c1-5-20-14-7-11-12(16(18)19)9-17(10(3)4)13(11)8-15(14)21-6-2/h7-10H,5-6H2,1-4H3,(H,18,19). The van der Waals surface area contributed by atoms with E-state index in [9.17, 15) is 9.90 Å². The lowest BCUT2D eigenvalue weighted by Gasteiger charge is -2.13. The topological polar surface area (TPSA) is 60.7 Å². The van der Waals surface area contributed by atoms with E-state index < -0.39 is 5.97 Å². The lowest BCUT2D eigenvalue weighted by atomic mass is 10.1. The SMILES string of the molecule is CCOc1cc2c(C(=O)O)cn(C(C)C)c2cc1OCC. The summed E-state index contributed by atoms with van der Waals surface area (Å²) in [7, 11) is 0. The van der Waals surface area contributed by atoms with Crippen LogP contribution < -0.4 is 9.47 Å². The number of nitrogens with zero attached hydrogens (tertiary/aromatic N) is 1. The molecule has 0 aliphatic carbocycles. The van der Waals surface area contributed by atoms with Gasteiger partial charge in [-0.15, -0.1) is 0 Å². The predicted molar refractivity (Wildman–Crippen MR) is 81.6 cm³/mol. The molecule has 114 valence electrons. The highest BCUT2D eigenvalue weighted by Crippen LogP contribution is 2.36. The van der Waals surface area contributed by atoms with Crippen LogP contribution in [0.25, 0.3) is 10.9 Å². The van der Waals surface area contributed by atoms with Crippen molar-refractivity contribution < 1.29 is 19.4 Å². The van der Waals surface area contributed by atoms with Gasteiger partial charge in [0.1, 0.15) is 0 Å². The summed E-state index contributed by atoms with van der Waals surface area (Å²) in [5, 5.41) is 10.1. The molecule has 0 radical (unpaired) electrons. The van der Waals surface area contributed by atoms with Crippen molar-refractivity contribution in [1.82, 2.24) is 4.57 Å². The molecule has 1 aromatic heterocycles. The first-order chi connectivity index (χ1) is 9.99. The van der Waals surface area contributed by atoms with E-state index in [4.69, 9.17) is 9.47 Å². The second-order valence-electron chi connectivity index (χ2n) is 5.03. The van der Waals surface area contributed by atoms with Gasteiger partial charge in [-0.25, -0.2) is 4.79 Å². The third kappa shape index (κ3) is 2.82. The predicted octanol–water partition coefficient (Wildman–Crippen LogP) is 3.72. The summed E-state index contributed by atoms with van der Waals surface area (Å²) in [4.78, 5) is 11.4. The van der Waals surface area contributed by atoms with Gasteiger partial charge in [-0.05, 0) is 33.8 Å². The summed E-state index contributed by atoms with van der Waals surface area (Å²) in [6.45, 7) is 8.85. The summed E-state index contributed by atoms with van der Waals surface area (Å²) < 4.78 is 13.1. The summed E-state index contributed by atoms with van der Waals surface area (Å²) in [5.74, 6) is 0.283. The van der Waals surface area contributed by atoms with Crippen molar-refractivity contribution in [1.29, 1.82) is 0 Å². The minimum Gasteiger partial charge on any atom is -0.490 e. The third-order valence-corrected chi connectivity index (χ3v) is 3.29. The number of carboxylic acid groups (broad SMARTS) is 1. The molecule has 0 aliphatic heterocycles. The Balaban J connectivity index is 2.73. The Hall–Kier alpha value is -2.17. The van der Waals surface area contributed by atoms with Gasteiger partial charge in [0.15, 0.2) is 11.5 Å². The first kappa shape index (κ1) is 15.2. The number of carbonyl (C=O) groups is 1. The maximum Gasteiger partial charge on any atom is 0.337 e. The van der Waals surface area contributed by atoms with Crippen molar-refractivity contribution in [3.05, 3.63) is 23.9 Å². The maximum absolute atomic E-state index is 11.4. The molecule has 0 spiro atoms. The number of aromatic carboxylic acids is 1. The van der Waals surface area contributed by atoms with Crippen LogP contribution in [-0.4, -0.2) is 28.9 Å². The number of ether oxygens (including phenoxy) is 2. The zero-order valence-electron chi connectivity index (χ0n) is 12.8. The quantitative estimate of drug-likeness (QED) is 0.881. The van der Waals surface area contributed by atoms with Crippen molar-refractivity contribution in [2.24, 2.45) is 0 Å². The molecule has 0 amide bonds. The molecule has 0 fully saturated rings. The van der Waals surface area contributed by atoms with Crippen molar-refractivity contribution in [2.75, 3.05) is 13.2 Å². The summed E-state index contributed by atoms with van der Waals surface area (Å²) in [6, 6.07) is 3.77.